The molecule has 0 aromatic heterocycles. The second-order valence-electron chi connectivity index (χ2n) is 4.42. The lowest BCUT2D eigenvalue weighted by Gasteiger charge is -2.10. The van der Waals surface area contributed by atoms with Gasteiger partial charge < -0.3 is 4.74 Å². The Balaban J connectivity index is 2.09. The number of ether oxygens (including phenoxy) is 1. The van der Waals surface area contributed by atoms with E-state index in [1.54, 1.807) is 12.1 Å². The number of amides is 1. The molecule has 4 heteroatoms. The normalized spacial score (nSPS) is 10.1. The van der Waals surface area contributed by atoms with E-state index in [0.717, 1.165) is 17.7 Å². The van der Waals surface area contributed by atoms with Crippen molar-refractivity contribution in [3.8, 4) is 5.75 Å². The Kier molecular flexibility index (Phi) is 4.74. The first-order valence-electron chi connectivity index (χ1n) is 6.55. The second-order valence-corrected chi connectivity index (χ2v) is 4.42. The highest BCUT2D eigenvalue weighted by molar-refractivity contribution is 5.93. The maximum absolute atomic E-state index is 11.5. The third kappa shape index (κ3) is 3.36. The van der Waals surface area contributed by atoms with Crippen molar-refractivity contribution in [2.45, 2.75) is 20.0 Å². The van der Waals surface area contributed by atoms with E-state index >= 15 is 0 Å². The van der Waals surface area contributed by atoms with Crippen molar-refractivity contribution in [2.75, 3.05) is 0 Å². The number of para-hydroxylation sites is 1. The Morgan fingerprint density at radius 1 is 1.20 bits per heavy atom. The summed E-state index contributed by atoms with van der Waals surface area (Å²) in [6.07, 6.45) is 0.922. The molecule has 4 nitrogen and oxygen atoms in total. The molecular weight excluding hydrogens is 252 g/mol. The van der Waals surface area contributed by atoms with Crippen LogP contribution in [0.1, 0.15) is 28.4 Å². The van der Waals surface area contributed by atoms with Crippen LogP contribution in [0.5, 0.6) is 5.75 Å². The van der Waals surface area contributed by atoms with Gasteiger partial charge in [-0.25, -0.2) is 5.84 Å². The molecule has 0 aliphatic rings. The second kappa shape index (κ2) is 6.73. The summed E-state index contributed by atoms with van der Waals surface area (Å²) in [4.78, 5) is 11.5. The van der Waals surface area contributed by atoms with E-state index in [9.17, 15) is 4.79 Å². The molecule has 3 N–H and O–H groups in total. The number of carbonyl (C=O) groups excluding carboxylic acids is 1. The van der Waals surface area contributed by atoms with Gasteiger partial charge in [-0.2, -0.15) is 0 Å². The zero-order valence-corrected chi connectivity index (χ0v) is 11.4. The molecule has 0 heterocycles. The summed E-state index contributed by atoms with van der Waals surface area (Å²) in [5.74, 6) is 5.70. The number of hydrazine groups is 1. The van der Waals surface area contributed by atoms with Crippen molar-refractivity contribution in [1.29, 1.82) is 0 Å². The molecule has 1 amide bonds. The molecule has 2 aromatic carbocycles. The van der Waals surface area contributed by atoms with Crippen LogP contribution in [0.25, 0.3) is 0 Å². The van der Waals surface area contributed by atoms with E-state index in [1.165, 1.54) is 5.56 Å². The number of hydrogen-bond donors (Lipinski definition) is 2. The SMILES string of the molecule is CCc1ccccc1OCc1cccc(C(=O)NN)c1. The summed E-state index contributed by atoms with van der Waals surface area (Å²) in [5, 5.41) is 0. The first-order valence-corrected chi connectivity index (χ1v) is 6.55. The number of benzene rings is 2. The maximum Gasteiger partial charge on any atom is 0.265 e. The molecule has 0 saturated carbocycles. The van der Waals surface area contributed by atoms with Gasteiger partial charge in [0.1, 0.15) is 12.4 Å². The number of nitrogens with one attached hydrogen (secondary N) is 1. The van der Waals surface area contributed by atoms with Gasteiger partial charge in [0.15, 0.2) is 0 Å². The molecule has 0 aliphatic carbocycles. The van der Waals surface area contributed by atoms with E-state index < -0.39 is 0 Å². The van der Waals surface area contributed by atoms with Gasteiger partial charge in [0.05, 0.1) is 0 Å². The van der Waals surface area contributed by atoms with Crippen molar-refractivity contribution in [1.82, 2.24) is 5.43 Å². The van der Waals surface area contributed by atoms with E-state index in [1.807, 2.05) is 36.4 Å². The van der Waals surface area contributed by atoms with Crippen molar-refractivity contribution in [2.24, 2.45) is 5.84 Å². The third-order valence-electron chi connectivity index (χ3n) is 3.07. The van der Waals surface area contributed by atoms with Crippen LogP contribution in [-0.4, -0.2) is 5.91 Å². The summed E-state index contributed by atoms with van der Waals surface area (Å²) < 4.78 is 5.82. The van der Waals surface area contributed by atoms with Gasteiger partial charge in [-0.1, -0.05) is 37.3 Å². The van der Waals surface area contributed by atoms with Gasteiger partial charge in [0.2, 0.25) is 0 Å². The fourth-order valence-corrected chi connectivity index (χ4v) is 1.98. The number of rotatable bonds is 5. The van der Waals surface area contributed by atoms with E-state index in [2.05, 4.69) is 12.3 Å². The molecule has 0 atom stereocenters. The van der Waals surface area contributed by atoms with E-state index in [0.29, 0.717) is 12.2 Å². The first kappa shape index (κ1) is 14.1. The van der Waals surface area contributed by atoms with Gasteiger partial charge in [-0.3, -0.25) is 10.2 Å². The Morgan fingerprint density at radius 3 is 2.75 bits per heavy atom. The Hall–Kier alpha value is -2.33. The van der Waals surface area contributed by atoms with Gasteiger partial charge in [-0.05, 0) is 35.7 Å². The van der Waals surface area contributed by atoms with Crippen LogP contribution in [0, 0.1) is 0 Å². The highest BCUT2D eigenvalue weighted by Crippen LogP contribution is 2.19. The monoisotopic (exact) mass is 270 g/mol. The molecule has 20 heavy (non-hydrogen) atoms. The van der Waals surface area contributed by atoms with Crippen LogP contribution in [-0.2, 0) is 13.0 Å². The van der Waals surface area contributed by atoms with Crippen LogP contribution < -0.4 is 16.0 Å². The van der Waals surface area contributed by atoms with Crippen LogP contribution in [0.3, 0.4) is 0 Å². The molecule has 0 spiro atoms. The molecule has 0 radical (unpaired) electrons. The zero-order chi connectivity index (χ0) is 14.4. The van der Waals surface area contributed by atoms with Gasteiger partial charge in [0.25, 0.3) is 5.91 Å². The average molecular weight is 270 g/mol. The fourth-order valence-electron chi connectivity index (χ4n) is 1.98. The van der Waals surface area contributed by atoms with Crippen LogP contribution in [0.2, 0.25) is 0 Å². The van der Waals surface area contributed by atoms with Crippen molar-refractivity contribution >= 4 is 5.91 Å². The van der Waals surface area contributed by atoms with Gasteiger partial charge in [-0.15, -0.1) is 0 Å². The predicted molar refractivity (Wildman–Crippen MR) is 78.2 cm³/mol. The molecule has 2 rings (SSSR count). The Labute approximate surface area is 118 Å². The van der Waals surface area contributed by atoms with Gasteiger partial charge in [0, 0.05) is 5.56 Å². The summed E-state index contributed by atoms with van der Waals surface area (Å²) in [7, 11) is 0. The number of nitrogens with two attached hydrogens (primary N) is 1. The minimum Gasteiger partial charge on any atom is -0.489 e. The quantitative estimate of drug-likeness (QED) is 0.498. The molecule has 0 fully saturated rings. The van der Waals surface area contributed by atoms with Crippen molar-refractivity contribution in [3.63, 3.8) is 0 Å². The Bertz CT molecular complexity index is 597. The molecule has 2 aromatic rings. The highest BCUT2D eigenvalue weighted by atomic mass is 16.5. The van der Waals surface area contributed by atoms with E-state index in [-0.39, 0.29) is 5.91 Å². The molecule has 0 unspecified atom stereocenters. The standard InChI is InChI=1S/C16H18N2O2/c1-2-13-7-3-4-9-15(13)20-11-12-6-5-8-14(10-12)16(19)18-17/h3-10H,2,11,17H2,1H3,(H,18,19). The number of hydrogen-bond acceptors (Lipinski definition) is 3. The van der Waals surface area contributed by atoms with Crippen molar-refractivity contribution in [3.05, 3.63) is 65.2 Å². The van der Waals surface area contributed by atoms with E-state index in [4.69, 9.17) is 10.6 Å². The smallest absolute Gasteiger partial charge is 0.265 e. The van der Waals surface area contributed by atoms with Crippen LogP contribution in [0.4, 0.5) is 0 Å². The highest BCUT2D eigenvalue weighted by Gasteiger charge is 2.05. The molecule has 0 aliphatic heterocycles. The number of carbonyl (C=O) groups is 1. The number of aryl methyl sites for hydroxylation is 1. The molecular formula is C16H18N2O2. The first-order chi connectivity index (χ1) is 9.74. The van der Waals surface area contributed by atoms with Crippen molar-refractivity contribution < 1.29 is 9.53 Å². The lowest BCUT2D eigenvalue weighted by molar-refractivity contribution is 0.0953. The minimum atomic E-state index is -0.305. The summed E-state index contributed by atoms with van der Waals surface area (Å²) in [6.45, 7) is 2.51. The van der Waals surface area contributed by atoms with Crippen LogP contribution >= 0.6 is 0 Å². The molecule has 0 bridgehead atoms. The molecule has 104 valence electrons. The maximum atomic E-state index is 11.5. The van der Waals surface area contributed by atoms with Crippen LogP contribution in [0.15, 0.2) is 48.5 Å². The average Bonchev–Trinajstić information content (AvgIpc) is 2.52. The van der Waals surface area contributed by atoms with Gasteiger partial charge >= 0.3 is 0 Å². The largest absolute Gasteiger partial charge is 0.489 e. The molecule has 0 saturated heterocycles. The fraction of sp³-hybridized carbons (Fsp3) is 0.188. The zero-order valence-electron chi connectivity index (χ0n) is 11.4. The third-order valence-corrected chi connectivity index (χ3v) is 3.07. The Morgan fingerprint density at radius 2 is 2.00 bits per heavy atom. The lowest BCUT2D eigenvalue weighted by Crippen LogP contribution is -2.30. The summed E-state index contributed by atoms with van der Waals surface area (Å²) in [6, 6.07) is 15.2. The lowest BCUT2D eigenvalue weighted by atomic mass is 10.1. The number of nitrogen functional groups attached to an aromatic ring is 1. The topological polar surface area (TPSA) is 64.3 Å². The predicted octanol–water partition coefficient (Wildman–Crippen LogP) is 2.43. The summed E-state index contributed by atoms with van der Waals surface area (Å²) >= 11 is 0. The minimum absolute atomic E-state index is 0.305. The summed E-state index contributed by atoms with van der Waals surface area (Å²) in [5.41, 5.74) is 4.74.